The fourth-order valence-electron chi connectivity index (χ4n) is 4.58. The lowest BCUT2D eigenvalue weighted by Gasteiger charge is -2.28. The number of pyridine rings is 2. The summed E-state index contributed by atoms with van der Waals surface area (Å²) in [5.74, 6) is 0.778. The summed E-state index contributed by atoms with van der Waals surface area (Å²) in [6.07, 6.45) is 6.13. The first-order valence-electron chi connectivity index (χ1n) is 11.9. The fourth-order valence-corrected chi connectivity index (χ4v) is 4.58. The van der Waals surface area contributed by atoms with Gasteiger partial charge in [-0.2, -0.15) is 0 Å². The molecule has 0 aliphatic heterocycles. The molecule has 2 N–H and O–H groups in total. The fraction of sp³-hybridized carbons (Fsp3) is 0.407. The van der Waals surface area contributed by atoms with Gasteiger partial charge in [-0.1, -0.05) is 24.3 Å². The molecule has 6 heteroatoms. The van der Waals surface area contributed by atoms with E-state index in [1.165, 1.54) is 0 Å². The second-order valence-electron chi connectivity index (χ2n) is 9.26. The van der Waals surface area contributed by atoms with Crippen molar-refractivity contribution in [2.24, 2.45) is 5.92 Å². The molecule has 2 amide bonds. The van der Waals surface area contributed by atoms with E-state index in [0.29, 0.717) is 30.4 Å². The summed E-state index contributed by atoms with van der Waals surface area (Å²) in [7, 11) is 0. The highest BCUT2D eigenvalue weighted by Crippen LogP contribution is 2.36. The first-order valence-corrected chi connectivity index (χ1v) is 11.9. The van der Waals surface area contributed by atoms with Crippen LogP contribution in [0.2, 0.25) is 0 Å². The molecule has 2 aromatic heterocycles. The molecule has 1 saturated carbocycles. The van der Waals surface area contributed by atoms with E-state index < -0.39 is 0 Å². The Hall–Kier alpha value is -3.28. The van der Waals surface area contributed by atoms with Crippen molar-refractivity contribution < 1.29 is 9.59 Å². The Morgan fingerprint density at radius 2 is 1.79 bits per heavy atom. The topological polar surface area (TPSA) is 84.0 Å². The van der Waals surface area contributed by atoms with E-state index in [9.17, 15) is 9.59 Å². The van der Waals surface area contributed by atoms with Crippen molar-refractivity contribution in [3.05, 3.63) is 71.7 Å². The predicted molar refractivity (Wildman–Crippen MR) is 130 cm³/mol. The zero-order chi connectivity index (χ0) is 23.2. The molecule has 6 nitrogen and oxygen atoms in total. The number of rotatable bonds is 7. The minimum absolute atomic E-state index is 0.0211. The number of fused-ring (bicyclic) bond motifs is 1. The number of benzene rings is 1. The highest BCUT2D eigenvalue weighted by atomic mass is 16.2. The summed E-state index contributed by atoms with van der Waals surface area (Å²) in [4.78, 5) is 34.2. The highest BCUT2D eigenvalue weighted by molar-refractivity contribution is 6.06. The lowest BCUT2D eigenvalue weighted by atomic mass is 9.80. The second kappa shape index (κ2) is 10.6. The quantitative estimate of drug-likeness (QED) is 0.566. The molecule has 0 spiro atoms. The van der Waals surface area contributed by atoms with Gasteiger partial charge in [0.05, 0.1) is 17.5 Å². The van der Waals surface area contributed by atoms with Gasteiger partial charge in [0.15, 0.2) is 0 Å². The third kappa shape index (κ3) is 5.95. The Labute approximate surface area is 195 Å². The van der Waals surface area contributed by atoms with E-state index in [-0.39, 0.29) is 17.9 Å². The van der Waals surface area contributed by atoms with Crippen LogP contribution in [-0.2, 0) is 11.2 Å². The van der Waals surface area contributed by atoms with E-state index >= 15 is 0 Å². The Kier molecular flexibility index (Phi) is 7.33. The number of carbonyl (C=O) groups excluding carboxylic acids is 2. The minimum Gasteiger partial charge on any atom is -0.355 e. The maximum absolute atomic E-state index is 12.9. The highest BCUT2D eigenvalue weighted by Gasteiger charge is 2.25. The zero-order valence-electron chi connectivity index (χ0n) is 19.4. The number of para-hydroxylation sites is 1. The molecule has 3 aromatic rings. The first-order chi connectivity index (χ1) is 16.0. The number of hydrogen-bond donors (Lipinski definition) is 2. The Bertz CT molecular complexity index is 1110. The van der Waals surface area contributed by atoms with E-state index in [4.69, 9.17) is 4.98 Å². The van der Waals surface area contributed by atoms with Crippen LogP contribution in [0.15, 0.2) is 54.7 Å². The molecular weight excluding hydrogens is 412 g/mol. The molecular formula is C27H32N4O2. The molecule has 1 aromatic carbocycles. The molecule has 1 aliphatic rings. The van der Waals surface area contributed by atoms with Crippen molar-refractivity contribution in [2.45, 2.75) is 57.9 Å². The molecule has 172 valence electrons. The summed E-state index contributed by atoms with van der Waals surface area (Å²) in [6, 6.07) is 15.5. The van der Waals surface area contributed by atoms with Crippen LogP contribution in [0.3, 0.4) is 0 Å². The van der Waals surface area contributed by atoms with Crippen LogP contribution in [0, 0.1) is 5.92 Å². The Morgan fingerprint density at radius 1 is 1.03 bits per heavy atom. The van der Waals surface area contributed by atoms with Gasteiger partial charge in [0, 0.05) is 41.5 Å². The number of carbonyl (C=O) groups is 2. The van der Waals surface area contributed by atoms with Crippen molar-refractivity contribution in [2.75, 3.05) is 6.54 Å². The van der Waals surface area contributed by atoms with Crippen molar-refractivity contribution in [3.63, 3.8) is 0 Å². The van der Waals surface area contributed by atoms with Gasteiger partial charge >= 0.3 is 0 Å². The van der Waals surface area contributed by atoms with Crippen molar-refractivity contribution in [1.29, 1.82) is 0 Å². The molecule has 0 radical (unpaired) electrons. The van der Waals surface area contributed by atoms with Gasteiger partial charge in [-0.05, 0) is 69.7 Å². The maximum atomic E-state index is 12.9. The van der Waals surface area contributed by atoms with Gasteiger partial charge < -0.3 is 10.6 Å². The molecule has 1 fully saturated rings. The van der Waals surface area contributed by atoms with Crippen molar-refractivity contribution in [3.8, 4) is 0 Å². The van der Waals surface area contributed by atoms with Crippen LogP contribution in [-0.4, -0.2) is 34.4 Å². The summed E-state index contributed by atoms with van der Waals surface area (Å²) in [5.41, 5.74) is 3.36. The van der Waals surface area contributed by atoms with Gasteiger partial charge in [0.2, 0.25) is 5.91 Å². The van der Waals surface area contributed by atoms with Crippen molar-refractivity contribution in [1.82, 2.24) is 20.6 Å². The monoisotopic (exact) mass is 444 g/mol. The van der Waals surface area contributed by atoms with Gasteiger partial charge in [0.25, 0.3) is 5.91 Å². The summed E-state index contributed by atoms with van der Waals surface area (Å²) in [6.45, 7) is 4.64. The second-order valence-corrected chi connectivity index (χ2v) is 9.26. The number of nitrogens with one attached hydrogen (secondary N) is 2. The van der Waals surface area contributed by atoms with E-state index in [1.54, 1.807) is 6.20 Å². The van der Waals surface area contributed by atoms with Crippen LogP contribution < -0.4 is 10.6 Å². The number of hydrogen-bond acceptors (Lipinski definition) is 4. The summed E-state index contributed by atoms with van der Waals surface area (Å²) in [5, 5.41) is 6.99. The van der Waals surface area contributed by atoms with Crippen LogP contribution in [0.25, 0.3) is 10.9 Å². The SMILES string of the molecule is CC(C)NC(=O)c1cc(C2CCC(CNC(=O)Cc3ccccn3)CC2)nc2ccccc12. The standard InChI is InChI=1S/C27H32N4O2/c1-18(2)30-27(33)23-16-25(31-24-9-4-3-8-22(23)24)20-12-10-19(11-13-20)17-29-26(32)15-21-7-5-6-14-28-21/h3-9,14,16,18-20H,10-13,15,17H2,1-2H3,(H,29,32)(H,30,33). The predicted octanol–water partition coefficient (Wildman–Crippen LogP) is 4.40. The molecule has 0 saturated heterocycles. The van der Waals surface area contributed by atoms with E-state index in [1.807, 2.05) is 62.4 Å². The lowest BCUT2D eigenvalue weighted by Crippen LogP contribution is -2.32. The maximum Gasteiger partial charge on any atom is 0.252 e. The number of nitrogens with zero attached hydrogens (tertiary/aromatic N) is 2. The summed E-state index contributed by atoms with van der Waals surface area (Å²) >= 11 is 0. The Morgan fingerprint density at radius 3 is 2.52 bits per heavy atom. The smallest absolute Gasteiger partial charge is 0.252 e. The summed E-state index contributed by atoms with van der Waals surface area (Å²) < 4.78 is 0. The number of amides is 2. The molecule has 33 heavy (non-hydrogen) atoms. The van der Waals surface area contributed by atoms with Gasteiger partial charge in [0.1, 0.15) is 0 Å². The zero-order valence-corrected chi connectivity index (χ0v) is 19.4. The van der Waals surface area contributed by atoms with Gasteiger partial charge in [-0.3, -0.25) is 19.6 Å². The Balaban J connectivity index is 1.37. The minimum atomic E-state index is -0.0471. The first kappa shape index (κ1) is 22.9. The van der Waals surface area contributed by atoms with Crippen LogP contribution in [0.5, 0.6) is 0 Å². The number of aromatic nitrogens is 2. The molecule has 0 atom stereocenters. The van der Waals surface area contributed by atoms with Crippen LogP contribution in [0.4, 0.5) is 0 Å². The van der Waals surface area contributed by atoms with Crippen LogP contribution >= 0.6 is 0 Å². The molecule has 2 heterocycles. The average molecular weight is 445 g/mol. The average Bonchev–Trinajstić information content (AvgIpc) is 2.82. The van der Waals surface area contributed by atoms with Crippen LogP contribution in [0.1, 0.15) is 67.2 Å². The van der Waals surface area contributed by atoms with E-state index in [0.717, 1.165) is 48.0 Å². The lowest BCUT2D eigenvalue weighted by molar-refractivity contribution is -0.120. The normalized spacial score (nSPS) is 18.3. The van der Waals surface area contributed by atoms with Crippen molar-refractivity contribution >= 4 is 22.7 Å². The molecule has 0 bridgehead atoms. The third-order valence-corrected chi connectivity index (χ3v) is 6.32. The van der Waals surface area contributed by atoms with Gasteiger partial charge in [-0.25, -0.2) is 0 Å². The third-order valence-electron chi connectivity index (χ3n) is 6.32. The largest absolute Gasteiger partial charge is 0.355 e. The van der Waals surface area contributed by atoms with E-state index in [2.05, 4.69) is 15.6 Å². The molecule has 1 aliphatic carbocycles. The van der Waals surface area contributed by atoms with Gasteiger partial charge in [-0.15, -0.1) is 0 Å². The molecule has 0 unspecified atom stereocenters. The molecule has 4 rings (SSSR count).